The fourth-order valence-electron chi connectivity index (χ4n) is 2.93. The Bertz CT molecular complexity index is 634. The smallest absolute Gasteiger partial charge is 0.254 e. The molecule has 0 aromatic heterocycles. The van der Waals surface area contributed by atoms with Crippen LogP contribution >= 0.6 is 15.9 Å². The van der Waals surface area contributed by atoms with E-state index in [1.807, 2.05) is 4.90 Å². The van der Waals surface area contributed by atoms with Crippen LogP contribution in [0.2, 0.25) is 0 Å². The second-order valence-electron chi connectivity index (χ2n) is 6.42. The van der Waals surface area contributed by atoms with E-state index in [2.05, 4.69) is 15.9 Å². The summed E-state index contributed by atoms with van der Waals surface area (Å²) < 4.78 is 22.9. The Balaban J connectivity index is 1.39. The average Bonchev–Trinajstić information content (AvgIpc) is 3.28. The van der Waals surface area contributed by atoms with Gasteiger partial charge in [-0.3, -0.25) is 4.79 Å². The van der Waals surface area contributed by atoms with Crippen molar-refractivity contribution in [1.82, 2.24) is 4.90 Å². The number of carbonyl (C=O) groups excluding carboxylic acids is 1. The minimum Gasteiger partial charge on any atom is -0.454 e. The Hall–Kier alpha value is -1.31. The van der Waals surface area contributed by atoms with Gasteiger partial charge in [0, 0.05) is 25.3 Å². The minimum absolute atomic E-state index is 0.0236. The molecular weight excluding hydrogens is 378 g/mol. The maximum Gasteiger partial charge on any atom is 0.254 e. The van der Waals surface area contributed by atoms with E-state index >= 15 is 0 Å². The van der Waals surface area contributed by atoms with Gasteiger partial charge in [0.05, 0.1) is 23.8 Å². The zero-order valence-electron chi connectivity index (χ0n) is 13.3. The minimum atomic E-state index is -0.0566. The van der Waals surface area contributed by atoms with Gasteiger partial charge in [0.1, 0.15) is 0 Å². The predicted octanol–water partition coefficient (Wildman–Crippen LogP) is 2.45. The second-order valence-corrected chi connectivity index (χ2v) is 7.27. The Labute approximate surface area is 149 Å². The van der Waals surface area contributed by atoms with Crippen LogP contribution in [0.5, 0.6) is 11.5 Å². The van der Waals surface area contributed by atoms with Gasteiger partial charge in [-0.2, -0.15) is 0 Å². The number of carbonyl (C=O) groups is 1. The van der Waals surface area contributed by atoms with Gasteiger partial charge >= 0.3 is 0 Å². The molecule has 24 heavy (non-hydrogen) atoms. The second kappa shape index (κ2) is 6.90. The molecule has 1 amide bonds. The molecule has 0 bridgehead atoms. The topological polar surface area (TPSA) is 57.2 Å². The van der Waals surface area contributed by atoms with E-state index in [9.17, 15) is 4.79 Å². The molecule has 1 aromatic rings. The molecule has 2 fully saturated rings. The van der Waals surface area contributed by atoms with Crippen molar-refractivity contribution in [1.29, 1.82) is 0 Å². The van der Waals surface area contributed by atoms with E-state index in [1.165, 1.54) is 12.8 Å². The SMILES string of the molecule is O=C(c1cc(Br)c2c(c1)OCO2)N1CCOC(COCC2CC2)C1. The molecule has 1 aromatic carbocycles. The van der Waals surface area contributed by atoms with Crippen LogP contribution in [0.3, 0.4) is 0 Å². The summed E-state index contributed by atoms with van der Waals surface area (Å²) in [4.78, 5) is 14.6. The number of halogens is 1. The highest BCUT2D eigenvalue weighted by Crippen LogP contribution is 2.40. The van der Waals surface area contributed by atoms with Crippen LogP contribution in [0.15, 0.2) is 16.6 Å². The summed E-state index contributed by atoms with van der Waals surface area (Å²) in [5, 5.41) is 0. The Morgan fingerprint density at radius 1 is 1.29 bits per heavy atom. The molecule has 4 rings (SSSR count). The number of hydrogen-bond donors (Lipinski definition) is 0. The van der Waals surface area contributed by atoms with Gasteiger partial charge in [-0.15, -0.1) is 0 Å². The van der Waals surface area contributed by atoms with Crippen molar-refractivity contribution >= 4 is 21.8 Å². The molecular formula is C17H20BrNO5. The monoisotopic (exact) mass is 397 g/mol. The van der Waals surface area contributed by atoms with Gasteiger partial charge in [-0.05, 0) is 46.8 Å². The van der Waals surface area contributed by atoms with Crippen molar-refractivity contribution in [2.75, 3.05) is 39.7 Å². The zero-order chi connectivity index (χ0) is 16.5. The molecule has 1 aliphatic carbocycles. The third kappa shape index (κ3) is 3.53. The lowest BCUT2D eigenvalue weighted by molar-refractivity contribution is -0.0628. The maximum absolute atomic E-state index is 12.8. The molecule has 1 atom stereocenters. The van der Waals surface area contributed by atoms with Gasteiger partial charge in [0.15, 0.2) is 11.5 Å². The van der Waals surface area contributed by atoms with Crippen molar-refractivity contribution in [2.45, 2.75) is 18.9 Å². The summed E-state index contributed by atoms with van der Waals surface area (Å²) in [5.41, 5.74) is 0.589. The summed E-state index contributed by atoms with van der Waals surface area (Å²) in [6.45, 7) is 3.21. The third-order valence-corrected chi connectivity index (χ3v) is 5.04. The Morgan fingerprint density at radius 2 is 2.17 bits per heavy atom. The molecule has 0 radical (unpaired) electrons. The molecule has 2 aliphatic heterocycles. The highest BCUT2D eigenvalue weighted by atomic mass is 79.9. The van der Waals surface area contributed by atoms with E-state index in [1.54, 1.807) is 12.1 Å². The van der Waals surface area contributed by atoms with E-state index in [4.69, 9.17) is 18.9 Å². The number of amides is 1. The number of hydrogen-bond acceptors (Lipinski definition) is 5. The van der Waals surface area contributed by atoms with Crippen LogP contribution in [0.25, 0.3) is 0 Å². The van der Waals surface area contributed by atoms with Crippen LogP contribution in [0.1, 0.15) is 23.2 Å². The number of fused-ring (bicyclic) bond motifs is 1. The lowest BCUT2D eigenvalue weighted by Crippen LogP contribution is -2.47. The van der Waals surface area contributed by atoms with Crippen molar-refractivity contribution < 1.29 is 23.7 Å². The van der Waals surface area contributed by atoms with Crippen molar-refractivity contribution in [2.24, 2.45) is 5.92 Å². The largest absolute Gasteiger partial charge is 0.454 e. The lowest BCUT2D eigenvalue weighted by atomic mass is 10.1. The summed E-state index contributed by atoms with van der Waals surface area (Å²) in [6.07, 6.45) is 2.49. The predicted molar refractivity (Wildman–Crippen MR) is 89.5 cm³/mol. The molecule has 0 spiro atoms. The molecule has 2 heterocycles. The van der Waals surface area contributed by atoms with Gasteiger partial charge < -0.3 is 23.8 Å². The molecule has 6 nitrogen and oxygen atoms in total. The zero-order valence-corrected chi connectivity index (χ0v) is 14.9. The first-order chi connectivity index (χ1) is 11.7. The highest BCUT2D eigenvalue weighted by molar-refractivity contribution is 9.10. The molecule has 1 saturated heterocycles. The summed E-state index contributed by atoms with van der Waals surface area (Å²) in [6, 6.07) is 3.52. The van der Waals surface area contributed by atoms with Gasteiger partial charge in [0.25, 0.3) is 5.91 Å². The Kier molecular flexibility index (Phi) is 4.65. The molecule has 1 unspecified atom stereocenters. The molecule has 7 heteroatoms. The van der Waals surface area contributed by atoms with E-state index in [0.29, 0.717) is 43.4 Å². The molecule has 1 saturated carbocycles. The first kappa shape index (κ1) is 16.2. The van der Waals surface area contributed by atoms with Gasteiger partial charge in [0.2, 0.25) is 6.79 Å². The third-order valence-electron chi connectivity index (χ3n) is 4.45. The van der Waals surface area contributed by atoms with Crippen LogP contribution in [0.4, 0.5) is 0 Å². The standard InChI is InChI=1S/C17H20BrNO5/c18-14-5-12(6-15-16(14)24-10-23-15)17(20)19-3-4-22-13(7-19)9-21-8-11-1-2-11/h5-6,11,13H,1-4,7-10H2. The summed E-state index contributed by atoms with van der Waals surface area (Å²) in [7, 11) is 0. The van der Waals surface area contributed by atoms with Crippen molar-refractivity contribution in [3.8, 4) is 11.5 Å². The average molecular weight is 398 g/mol. The first-order valence-electron chi connectivity index (χ1n) is 8.28. The number of benzene rings is 1. The number of morpholine rings is 1. The van der Waals surface area contributed by atoms with Crippen molar-refractivity contribution in [3.05, 3.63) is 22.2 Å². The lowest BCUT2D eigenvalue weighted by Gasteiger charge is -2.33. The van der Waals surface area contributed by atoms with E-state index in [0.717, 1.165) is 17.0 Å². The molecule has 3 aliphatic rings. The van der Waals surface area contributed by atoms with Crippen LogP contribution in [0, 0.1) is 5.92 Å². The molecule has 130 valence electrons. The fraction of sp³-hybridized carbons (Fsp3) is 0.588. The van der Waals surface area contributed by atoms with Crippen molar-refractivity contribution in [3.63, 3.8) is 0 Å². The van der Waals surface area contributed by atoms with Gasteiger partial charge in [-0.1, -0.05) is 0 Å². The normalized spacial score (nSPS) is 22.7. The van der Waals surface area contributed by atoms with E-state index < -0.39 is 0 Å². The fourth-order valence-corrected chi connectivity index (χ4v) is 3.49. The van der Waals surface area contributed by atoms with Crippen LogP contribution in [-0.2, 0) is 9.47 Å². The number of nitrogens with zero attached hydrogens (tertiary/aromatic N) is 1. The highest BCUT2D eigenvalue weighted by Gasteiger charge is 2.28. The summed E-state index contributed by atoms with van der Waals surface area (Å²) in [5.74, 6) is 1.96. The first-order valence-corrected chi connectivity index (χ1v) is 9.08. The summed E-state index contributed by atoms with van der Waals surface area (Å²) >= 11 is 3.44. The number of ether oxygens (including phenoxy) is 4. The van der Waals surface area contributed by atoms with Crippen LogP contribution < -0.4 is 9.47 Å². The number of rotatable bonds is 5. The van der Waals surface area contributed by atoms with Crippen LogP contribution in [-0.4, -0.2) is 56.6 Å². The molecule has 0 N–H and O–H groups in total. The van der Waals surface area contributed by atoms with Gasteiger partial charge in [-0.25, -0.2) is 0 Å². The maximum atomic E-state index is 12.8. The van der Waals surface area contributed by atoms with E-state index in [-0.39, 0.29) is 18.8 Å². The Morgan fingerprint density at radius 3 is 3.00 bits per heavy atom. The quantitative estimate of drug-likeness (QED) is 0.763.